The number of carbonyl (C=O) groups excluding carboxylic acids is 2. The quantitative estimate of drug-likeness (QED) is 0.745. The first-order valence-corrected chi connectivity index (χ1v) is 9.86. The van der Waals surface area contributed by atoms with Crippen LogP contribution in [-0.2, 0) is 9.59 Å². The summed E-state index contributed by atoms with van der Waals surface area (Å²) >= 11 is 0. The Morgan fingerprint density at radius 3 is 2.26 bits per heavy atom. The van der Waals surface area contributed by atoms with E-state index in [1.54, 1.807) is 6.08 Å². The molecule has 0 atom stereocenters. The van der Waals surface area contributed by atoms with E-state index in [0.717, 1.165) is 43.1 Å². The summed E-state index contributed by atoms with van der Waals surface area (Å²) in [7, 11) is 4.08. The minimum Gasteiger partial charge on any atom is -0.335 e. The van der Waals surface area contributed by atoms with E-state index >= 15 is 0 Å². The van der Waals surface area contributed by atoms with Crippen molar-refractivity contribution in [2.24, 2.45) is 5.92 Å². The van der Waals surface area contributed by atoms with Crippen molar-refractivity contribution in [3.8, 4) is 0 Å². The molecule has 27 heavy (non-hydrogen) atoms. The molecule has 1 aromatic rings. The monoisotopic (exact) mass is 371 g/mol. The highest BCUT2D eigenvalue weighted by Crippen LogP contribution is 2.27. The molecule has 0 unspecified atom stereocenters. The molecule has 1 N–H and O–H groups in total. The maximum atomic E-state index is 12.9. The molecule has 0 radical (unpaired) electrons. The lowest BCUT2D eigenvalue weighted by Gasteiger charge is -2.36. The van der Waals surface area contributed by atoms with Crippen LogP contribution in [0.1, 0.15) is 45.1 Å². The summed E-state index contributed by atoms with van der Waals surface area (Å²) in [5.74, 6) is 0.763. The largest absolute Gasteiger partial charge is 0.335 e. The van der Waals surface area contributed by atoms with Crippen LogP contribution >= 0.6 is 0 Å². The van der Waals surface area contributed by atoms with Gasteiger partial charge in [0.1, 0.15) is 0 Å². The smallest absolute Gasteiger partial charge is 0.246 e. The molecule has 1 fully saturated rings. The Morgan fingerprint density at radius 2 is 1.70 bits per heavy atom. The van der Waals surface area contributed by atoms with Gasteiger partial charge in [-0.15, -0.1) is 0 Å². The van der Waals surface area contributed by atoms with Crippen molar-refractivity contribution in [1.82, 2.24) is 9.80 Å². The van der Waals surface area contributed by atoms with Gasteiger partial charge >= 0.3 is 0 Å². The van der Waals surface area contributed by atoms with E-state index in [4.69, 9.17) is 0 Å². The predicted octanol–water partition coefficient (Wildman–Crippen LogP) is 3.63. The van der Waals surface area contributed by atoms with Gasteiger partial charge in [0.2, 0.25) is 11.8 Å². The molecule has 1 aliphatic rings. The first kappa shape index (κ1) is 21.2. The average Bonchev–Trinajstić information content (AvgIpc) is 2.62. The van der Waals surface area contributed by atoms with Crippen LogP contribution in [0.4, 0.5) is 5.69 Å². The molecule has 0 saturated heterocycles. The fourth-order valence-corrected chi connectivity index (χ4v) is 3.48. The summed E-state index contributed by atoms with van der Waals surface area (Å²) in [6.07, 6.45) is 8.13. The summed E-state index contributed by atoms with van der Waals surface area (Å²) in [5.41, 5.74) is 1.71. The van der Waals surface area contributed by atoms with Crippen molar-refractivity contribution in [2.45, 2.75) is 45.6 Å². The number of nitrogens with one attached hydrogen (secondary N) is 1. The van der Waals surface area contributed by atoms with E-state index in [-0.39, 0.29) is 11.8 Å². The van der Waals surface area contributed by atoms with Crippen LogP contribution in [0.3, 0.4) is 0 Å². The lowest BCUT2D eigenvalue weighted by Crippen LogP contribution is -2.44. The van der Waals surface area contributed by atoms with Crippen molar-refractivity contribution in [2.75, 3.05) is 32.5 Å². The number of amides is 2. The van der Waals surface area contributed by atoms with Crippen LogP contribution in [0, 0.1) is 5.92 Å². The standard InChI is InChI=1S/C22H33N3O2/c1-17-5-12-21(13-6-17)25(16-15-24(3)4)22(27)14-9-19-7-10-20(11-8-19)23-18(2)26/h7-11,14,17,21H,5-6,12-13,15-16H2,1-4H3,(H,23,26)/b14-9+. The first-order valence-electron chi connectivity index (χ1n) is 9.86. The second-order valence-corrected chi connectivity index (χ2v) is 7.89. The van der Waals surface area contributed by atoms with Crippen molar-refractivity contribution >= 4 is 23.6 Å². The minimum atomic E-state index is -0.0909. The SMILES string of the molecule is CC(=O)Nc1ccc(/C=C/C(=O)N(CCN(C)C)C2CCC(C)CC2)cc1. The zero-order chi connectivity index (χ0) is 19.8. The van der Waals surface area contributed by atoms with Gasteiger partial charge in [0.05, 0.1) is 0 Å². The van der Waals surface area contributed by atoms with Crippen LogP contribution in [0.15, 0.2) is 30.3 Å². The molecule has 5 heteroatoms. The Hall–Kier alpha value is -2.14. The van der Waals surface area contributed by atoms with Crippen LogP contribution in [0.5, 0.6) is 0 Å². The molecule has 0 aliphatic heterocycles. The molecule has 2 amide bonds. The van der Waals surface area contributed by atoms with Gasteiger partial charge in [-0.1, -0.05) is 19.1 Å². The second-order valence-electron chi connectivity index (χ2n) is 7.89. The van der Waals surface area contributed by atoms with Crippen LogP contribution < -0.4 is 5.32 Å². The summed E-state index contributed by atoms with van der Waals surface area (Å²) in [5, 5.41) is 2.75. The van der Waals surface area contributed by atoms with Gasteiger partial charge in [0.15, 0.2) is 0 Å². The van der Waals surface area contributed by atoms with E-state index in [9.17, 15) is 9.59 Å². The number of anilines is 1. The Bertz CT molecular complexity index is 644. The number of hydrogen-bond acceptors (Lipinski definition) is 3. The third kappa shape index (κ3) is 7.18. The Balaban J connectivity index is 2.02. The molecule has 1 aromatic carbocycles. The Kier molecular flexibility index (Phi) is 8.04. The molecule has 0 bridgehead atoms. The number of nitrogens with zero attached hydrogens (tertiary/aromatic N) is 2. The van der Waals surface area contributed by atoms with Crippen LogP contribution in [0.25, 0.3) is 6.08 Å². The number of benzene rings is 1. The lowest BCUT2D eigenvalue weighted by atomic mass is 9.86. The maximum absolute atomic E-state index is 12.9. The van der Waals surface area contributed by atoms with Gasteiger partial charge in [-0.25, -0.2) is 0 Å². The highest BCUT2D eigenvalue weighted by molar-refractivity contribution is 5.92. The highest BCUT2D eigenvalue weighted by atomic mass is 16.2. The van der Waals surface area contributed by atoms with Crippen LogP contribution in [0.2, 0.25) is 0 Å². The summed E-state index contributed by atoms with van der Waals surface area (Å²) in [4.78, 5) is 28.1. The lowest BCUT2D eigenvalue weighted by molar-refractivity contribution is -0.129. The molecule has 0 heterocycles. The van der Waals surface area contributed by atoms with E-state index in [1.807, 2.05) is 49.3 Å². The fraction of sp³-hybridized carbons (Fsp3) is 0.545. The normalized spacial score (nSPS) is 20.0. The molecule has 5 nitrogen and oxygen atoms in total. The fourth-order valence-electron chi connectivity index (χ4n) is 3.48. The molecule has 0 spiro atoms. The van der Waals surface area contributed by atoms with Crippen molar-refractivity contribution in [1.29, 1.82) is 0 Å². The Labute approximate surface area is 163 Å². The van der Waals surface area contributed by atoms with E-state index < -0.39 is 0 Å². The number of rotatable bonds is 7. The zero-order valence-electron chi connectivity index (χ0n) is 17.1. The molecule has 1 aliphatic carbocycles. The first-order chi connectivity index (χ1) is 12.8. The molecular weight excluding hydrogens is 338 g/mol. The van der Waals surface area contributed by atoms with Gasteiger partial charge in [-0.05, 0) is 69.5 Å². The maximum Gasteiger partial charge on any atom is 0.246 e. The minimum absolute atomic E-state index is 0.0855. The van der Waals surface area contributed by atoms with E-state index in [2.05, 4.69) is 17.1 Å². The number of likely N-dealkylation sites (N-methyl/N-ethyl adjacent to an activating group) is 1. The topological polar surface area (TPSA) is 52.7 Å². The van der Waals surface area contributed by atoms with E-state index in [1.165, 1.54) is 19.8 Å². The molecule has 148 valence electrons. The van der Waals surface area contributed by atoms with Crippen molar-refractivity contribution in [3.05, 3.63) is 35.9 Å². The second kappa shape index (κ2) is 10.3. The highest BCUT2D eigenvalue weighted by Gasteiger charge is 2.26. The van der Waals surface area contributed by atoms with Gasteiger partial charge < -0.3 is 15.1 Å². The number of hydrogen-bond donors (Lipinski definition) is 1. The molecule has 1 saturated carbocycles. The van der Waals surface area contributed by atoms with Gasteiger partial charge in [-0.3, -0.25) is 9.59 Å². The van der Waals surface area contributed by atoms with Crippen LogP contribution in [-0.4, -0.2) is 54.8 Å². The van der Waals surface area contributed by atoms with Gasteiger partial charge in [0, 0.05) is 37.8 Å². The Morgan fingerprint density at radius 1 is 1.07 bits per heavy atom. The molecule has 2 rings (SSSR count). The third-order valence-corrected chi connectivity index (χ3v) is 5.15. The zero-order valence-corrected chi connectivity index (χ0v) is 17.1. The van der Waals surface area contributed by atoms with Crippen molar-refractivity contribution in [3.63, 3.8) is 0 Å². The average molecular weight is 372 g/mol. The summed E-state index contributed by atoms with van der Waals surface area (Å²) < 4.78 is 0. The number of carbonyl (C=O) groups is 2. The molecular formula is C22H33N3O2. The summed E-state index contributed by atoms with van der Waals surface area (Å²) in [6.45, 7) is 5.42. The molecule has 0 aromatic heterocycles. The predicted molar refractivity (Wildman–Crippen MR) is 111 cm³/mol. The van der Waals surface area contributed by atoms with E-state index in [0.29, 0.717) is 6.04 Å². The van der Waals surface area contributed by atoms with Gasteiger partial charge in [0.25, 0.3) is 0 Å². The summed E-state index contributed by atoms with van der Waals surface area (Å²) in [6, 6.07) is 7.85. The van der Waals surface area contributed by atoms with Crippen molar-refractivity contribution < 1.29 is 9.59 Å². The van der Waals surface area contributed by atoms with Gasteiger partial charge in [-0.2, -0.15) is 0 Å². The third-order valence-electron chi connectivity index (χ3n) is 5.15.